The van der Waals surface area contributed by atoms with Gasteiger partial charge in [0.1, 0.15) is 11.6 Å². The lowest BCUT2D eigenvalue weighted by Crippen LogP contribution is -2.49. The minimum Gasteiger partial charge on any atom is -0.481 e. The molecule has 1 aliphatic heterocycles. The average molecular weight is 388 g/mol. The molecule has 148 valence electrons. The first kappa shape index (κ1) is 19.9. The second-order valence-electron chi connectivity index (χ2n) is 6.82. The molecule has 1 N–H and O–H groups in total. The third kappa shape index (κ3) is 4.92. The number of carbonyl (C=O) groups excluding carboxylic acids is 1. The highest BCUT2D eigenvalue weighted by atomic mass is 19.1. The number of amides is 1. The summed E-state index contributed by atoms with van der Waals surface area (Å²) in [6.07, 6.45) is -0.179. The number of carbonyl (C=O) groups is 2. The number of hydrogen-bond donors (Lipinski definition) is 1. The Bertz CT molecular complexity index is 771. The third-order valence-electron chi connectivity index (χ3n) is 4.96. The van der Waals surface area contributed by atoms with E-state index in [0.717, 1.165) is 11.1 Å². The molecule has 1 saturated heterocycles. The van der Waals surface area contributed by atoms with Crippen LogP contribution in [-0.2, 0) is 9.59 Å². The van der Waals surface area contributed by atoms with Crippen molar-refractivity contribution in [2.24, 2.45) is 0 Å². The van der Waals surface area contributed by atoms with Crippen LogP contribution < -0.4 is 0 Å². The minimum atomic E-state index is -0.986. The summed E-state index contributed by atoms with van der Waals surface area (Å²) >= 11 is 0. The highest BCUT2D eigenvalue weighted by Crippen LogP contribution is 2.30. The fourth-order valence-electron chi connectivity index (χ4n) is 3.51. The van der Waals surface area contributed by atoms with E-state index in [9.17, 15) is 18.4 Å². The first-order chi connectivity index (χ1) is 13.4. The highest BCUT2D eigenvalue weighted by Gasteiger charge is 2.28. The Morgan fingerprint density at radius 2 is 1.29 bits per heavy atom. The normalized spacial score (nSPS) is 15.0. The van der Waals surface area contributed by atoms with Gasteiger partial charge in [-0.25, -0.2) is 8.78 Å². The van der Waals surface area contributed by atoms with Crippen molar-refractivity contribution in [3.8, 4) is 0 Å². The first-order valence-corrected chi connectivity index (χ1v) is 9.18. The summed E-state index contributed by atoms with van der Waals surface area (Å²) in [4.78, 5) is 26.7. The van der Waals surface area contributed by atoms with Crippen LogP contribution in [0, 0.1) is 11.6 Å². The van der Waals surface area contributed by atoms with E-state index in [0.29, 0.717) is 26.2 Å². The van der Waals surface area contributed by atoms with E-state index in [1.807, 2.05) is 0 Å². The molecular weight excluding hydrogens is 366 g/mol. The summed E-state index contributed by atoms with van der Waals surface area (Å²) in [5.74, 6) is -1.80. The lowest BCUT2D eigenvalue weighted by molar-refractivity contribution is -0.141. The molecule has 5 nitrogen and oxygen atoms in total. The van der Waals surface area contributed by atoms with Crippen LogP contribution in [0.25, 0.3) is 0 Å². The van der Waals surface area contributed by atoms with E-state index < -0.39 is 5.97 Å². The molecule has 1 heterocycles. The van der Waals surface area contributed by atoms with Crippen LogP contribution in [0.15, 0.2) is 48.5 Å². The van der Waals surface area contributed by atoms with E-state index in [4.69, 9.17) is 5.11 Å². The van der Waals surface area contributed by atoms with Gasteiger partial charge >= 0.3 is 5.97 Å². The summed E-state index contributed by atoms with van der Waals surface area (Å²) < 4.78 is 26.7. The zero-order valence-electron chi connectivity index (χ0n) is 15.4. The van der Waals surface area contributed by atoms with Crippen LogP contribution in [0.4, 0.5) is 8.78 Å². The molecule has 0 unspecified atom stereocenters. The zero-order valence-corrected chi connectivity index (χ0v) is 15.4. The van der Waals surface area contributed by atoms with Gasteiger partial charge in [-0.2, -0.15) is 0 Å². The monoisotopic (exact) mass is 388 g/mol. The molecule has 2 aromatic carbocycles. The minimum absolute atomic E-state index is 0.00527. The van der Waals surface area contributed by atoms with Gasteiger partial charge in [-0.15, -0.1) is 0 Å². The van der Waals surface area contributed by atoms with Crippen LogP contribution >= 0.6 is 0 Å². The van der Waals surface area contributed by atoms with Crippen molar-refractivity contribution < 1.29 is 23.5 Å². The number of carboxylic acid groups (broad SMARTS) is 1. The molecule has 1 amide bonds. The maximum atomic E-state index is 13.4. The number of benzene rings is 2. The van der Waals surface area contributed by atoms with Gasteiger partial charge in [0.25, 0.3) is 0 Å². The second-order valence-corrected chi connectivity index (χ2v) is 6.82. The van der Waals surface area contributed by atoms with Crippen LogP contribution in [0.3, 0.4) is 0 Å². The Labute approximate surface area is 162 Å². The molecule has 0 atom stereocenters. The van der Waals surface area contributed by atoms with Gasteiger partial charge in [0.15, 0.2) is 0 Å². The molecule has 1 aliphatic rings. The van der Waals surface area contributed by atoms with Crippen LogP contribution in [-0.4, -0.2) is 53.0 Å². The molecule has 28 heavy (non-hydrogen) atoms. The number of halogens is 2. The van der Waals surface area contributed by atoms with Crippen molar-refractivity contribution in [1.82, 2.24) is 9.80 Å². The maximum absolute atomic E-state index is 13.4. The number of nitrogens with zero attached hydrogens (tertiary/aromatic N) is 2. The summed E-state index contributed by atoms with van der Waals surface area (Å²) in [5, 5.41) is 8.73. The molecule has 0 bridgehead atoms. The summed E-state index contributed by atoms with van der Waals surface area (Å²) in [5.41, 5.74) is 1.78. The maximum Gasteiger partial charge on any atom is 0.303 e. The van der Waals surface area contributed by atoms with Gasteiger partial charge in [0.05, 0.1) is 12.5 Å². The fraction of sp³-hybridized carbons (Fsp3) is 0.333. The third-order valence-corrected chi connectivity index (χ3v) is 4.96. The largest absolute Gasteiger partial charge is 0.481 e. The average Bonchev–Trinajstić information content (AvgIpc) is 2.70. The number of hydrogen-bond acceptors (Lipinski definition) is 3. The van der Waals surface area contributed by atoms with Gasteiger partial charge < -0.3 is 10.0 Å². The van der Waals surface area contributed by atoms with Crippen molar-refractivity contribution in [3.05, 3.63) is 71.3 Å². The zero-order chi connectivity index (χ0) is 20.1. The summed E-state index contributed by atoms with van der Waals surface area (Å²) in [7, 11) is 0. The van der Waals surface area contributed by atoms with E-state index in [2.05, 4.69) is 4.90 Å². The van der Waals surface area contributed by atoms with Crippen LogP contribution in [0.2, 0.25) is 0 Å². The van der Waals surface area contributed by atoms with Gasteiger partial charge in [0, 0.05) is 32.6 Å². The fourth-order valence-corrected chi connectivity index (χ4v) is 3.51. The van der Waals surface area contributed by atoms with Crippen molar-refractivity contribution in [1.29, 1.82) is 0 Å². The molecule has 0 radical (unpaired) electrons. The first-order valence-electron chi connectivity index (χ1n) is 9.18. The van der Waals surface area contributed by atoms with Crippen molar-refractivity contribution in [2.75, 3.05) is 26.2 Å². The number of rotatable bonds is 6. The Morgan fingerprint density at radius 1 is 0.821 bits per heavy atom. The number of piperazine rings is 1. The Hall–Kier alpha value is -2.80. The second kappa shape index (κ2) is 8.93. The van der Waals surface area contributed by atoms with Crippen LogP contribution in [0.5, 0.6) is 0 Å². The SMILES string of the molecule is O=C(O)CCC(=O)N1CCN(C(c2ccc(F)cc2)c2ccc(F)cc2)CC1. The highest BCUT2D eigenvalue weighted by molar-refractivity contribution is 5.80. The molecule has 2 aromatic rings. The lowest BCUT2D eigenvalue weighted by atomic mass is 9.96. The molecule has 0 aromatic heterocycles. The summed E-state index contributed by atoms with van der Waals surface area (Å²) in [6.45, 7) is 2.13. The Morgan fingerprint density at radius 3 is 1.71 bits per heavy atom. The predicted octanol–water partition coefficient (Wildman–Crippen LogP) is 3.06. The van der Waals surface area contributed by atoms with E-state index in [1.165, 1.54) is 24.3 Å². The number of aliphatic carboxylic acids is 1. The molecule has 0 spiro atoms. The smallest absolute Gasteiger partial charge is 0.303 e. The van der Waals surface area contributed by atoms with Crippen molar-refractivity contribution >= 4 is 11.9 Å². The molecule has 7 heteroatoms. The van der Waals surface area contributed by atoms with E-state index in [1.54, 1.807) is 29.2 Å². The molecule has 0 saturated carbocycles. The molecule has 3 rings (SSSR count). The quantitative estimate of drug-likeness (QED) is 0.826. The van der Waals surface area contributed by atoms with Gasteiger partial charge in [-0.3, -0.25) is 14.5 Å². The van der Waals surface area contributed by atoms with Crippen molar-refractivity contribution in [3.63, 3.8) is 0 Å². The standard InChI is InChI=1S/C21H22F2N2O3/c22-17-5-1-15(2-6-17)21(16-3-7-18(23)8-4-16)25-13-11-24(12-14-25)19(26)9-10-20(27)28/h1-8,21H,9-14H2,(H,27,28). The Kier molecular flexibility index (Phi) is 6.36. The topological polar surface area (TPSA) is 60.9 Å². The molecule has 1 fully saturated rings. The van der Waals surface area contributed by atoms with E-state index in [-0.39, 0.29) is 36.4 Å². The predicted molar refractivity (Wildman–Crippen MR) is 99.7 cm³/mol. The van der Waals surface area contributed by atoms with Gasteiger partial charge in [0.2, 0.25) is 5.91 Å². The van der Waals surface area contributed by atoms with Crippen LogP contribution in [0.1, 0.15) is 30.0 Å². The Balaban J connectivity index is 1.75. The van der Waals surface area contributed by atoms with Gasteiger partial charge in [-0.1, -0.05) is 24.3 Å². The van der Waals surface area contributed by atoms with E-state index >= 15 is 0 Å². The number of carboxylic acids is 1. The van der Waals surface area contributed by atoms with Gasteiger partial charge in [-0.05, 0) is 35.4 Å². The molecule has 0 aliphatic carbocycles. The summed E-state index contributed by atoms with van der Waals surface area (Å²) in [6, 6.07) is 12.3. The molecular formula is C21H22F2N2O3. The lowest BCUT2D eigenvalue weighted by Gasteiger charge is -2.39. The van der Waals surface area contributed by atoms with Crippen molar-refractivity contribution in [2.45, 2.75) is 18.9 Å².